The van der Waals surface area contributed by atoms with Gasteiger partial charge >= 0.3 is 0 Å². The standard InChI is InChI=1S/C24H29N5O2/c1-4-23(30)29-12-10-28(11-13-29)16-22-26-20-15-19(8-9-21(20)27(22)3)25-24(31)18-7-5-6-17(2)14-18/h5-9,14-15H,4,10-13,16H2,1-3H3,(H,25,31). The Bertz CT molecular complexity index is 1110. The first-order valence-electron chi connectivity index (χ1n) is 10.8. The van der Waals surface area contributed by atoms with Crippen LogP contribution >= 0.6 is 0 Å². The van der Waals surface area contributed by atoms with Crippen LogP contribution in [0.4, 0.5) is 5.69 Å². The zero-order chi connectivity index (χ0) is 22.0. The molecule has 1 saturated heterocycles. The number of aromatic nitrogens is 2. The van der Waals surface area contributed by atoms with E-state index in [1.54, 1.807) is 0 Å². The molecule has 3 aromatic rings. The van der Waals surface area contributed by atoms with Crippen LogP contribution < -0.4 is 5.32 Å². The SMILES string of the molecule is CCC(=O)N1CCN(Cc2nc3cc(NC(=O)c4cccc(C)c4)ccc3n2C)CC1. The van der Waals surface area contributed by atoms with E-state index in [2.05, 4.69) is 14.8 Å². The van der Waals surface area contributed by atoms with Crippen molar-refractivity contribution >= 4 is 28.5 Å². The van der Waals surface area contributed by atoms with Gasteiger partial charge in [-0.3, -0.25) is 14.5 Å². The average Bonchev–Trinajstić information content (AvgIpc) is 3.08. The van der Waals surface area contributed by atoms with E-state index in [-0.39, 0.29) is 11.8 Å². The second-order valence-electron chi connectivity index (χ2n) is 8.12. The molecule has 0 aliphatic carbocycles. The molecule has 7 nitrogen and oxygen atoms in total. The Morgan fingerprint density at radius 3 is 2.55 bits per heavy atom. The molecule has 162 valence electrons. The molecule has 0 unspecified atom stereocenters. The van der Waals surface area contributed by atoms with Gasteiger partial charge in [-0.05, 0) is 37.3 Å². The minimum atomic E-state index is -0.126. The van der Waals surface area contributed by atoms with Crippen LogP contribution in [0.2, 0.25) is 0 Å². The van der Waals surface area contributed by atoms with Gasteiger partial charge in [0, 0.05) is 50.9 Å². The molecule has 31 heavy (non-hydrogen) atoms. The van der Waals surface area contributed by atoms with Gasteiger partial charge in [-0.15, -0.1) is 0 Å². The summed E-state index contributed by atoms with van der Waals surface area (Å²) in [6, 6.07) is 13.4. The molecule has 0 atom stereocenters. The van der Waals surface area contributed by atoms with Gasteiger partial charge in [-0.2, -0.15) is 0 Å². The summed E-state index contributed by atoms with van der Waals surface area (Å²) in [6.07, 6.45) is 0.563. The van der Waals surface area contributed by atoms with E-state index in [1.165, 1.54) is 0 Å². The molecule has 1 aromatic heterocycles. The van der Waals surface area contributed by atoms with E-state index in [4.69, 9.17) is 4.98 Å². The molecule has 0 bridgehead atoms. The first kappa shape index (κ1) is 21.1. The van der Waals surface area contributed by atoms with Crippen molar-refractivity contribution in [3.05, 3.63) is 59.4 Å². The predicted octanol–water partition coefficient (Wildman–Crippen LogP) is 3.19. The van der Waals surface area contributed by atoms with Crippen molar-refractivity contribution in [3.63, 3.8) is 0 Å². The average molecular weight is 420 g/mol. The van der Waals surface area contributed by atoms with E-state index < -0.39 is 0 Å². The molecule has 1 N–H and O–H groups in total. The summed E-state index contributed by atoms with van der Waals surface area (Å²) in [5.74, 6) is 1.08. The monoisotopic (exact) mass is 419 g/mol. The van der Waals surface area contributed by atoms with Crippen molar-refractivity contribution in [3.8, 4) is 0 Å². The third-order valence-electron chi connectivity index (χ3n) is 5.90. The second-order valence-corrected chi connectivity index (χ2v) is 8.12. The first-order valence-corrected chi connectivity index (χ1v) is 10.8. The van der Waals surface area contributed by atoms with E-state index >= 15 is 0 Å². The topological polar surface area (TPSA) is 70.5 Å². The number of hydrogen-bond acceptors (Lipinski definition) is 4. The highest BCUT2D eigenvalue weighted by Gasteiger charge is 2.21. The van der Waals surface area contributed by atoms with Crippen LogP contribution in [0.25, 0.3) is 11.0 Å². The molecule has 7 heteroatoms. The number of carbonyl (C=O) groups is 2. The van der Waals surface area contributed by atoms with Gasteiger partial charge in [0.15, 0.2) is 0 Å². The van der Waals surface area contributed by atoms with Crippen molar-refractivity contribution in [1.82, 2.24) is 19.4 Å². The molecule has 0 saturated carbocycles. The lowest BCUT2D eigenvalue weighted by molar-refractivity contribution is -0.132. The first-order chi connectivity index (χ1) is 14.9. The maximum Gasteiger partial charge on any atom is 0.255 e. The fraction of sp³-hybridized carbons (Fsp3) is 0.375. The molecule has 2 amide bonds. The number of nitrogens with one attached hydrogen (secondary N) is 1. The molecule has 4 rings (SSSR count). The number of nitrogens with zero attached hydrogens (tertiary/aromatic N) is 4. The Kier molecular flexibility index (Phi) is 6.04. The molecule has 1 aliphatic rings. The van der Waals surface area contributed by atoms with Gasteiger partial charge in [0.1, 0.15) is 5.82 Å². The van der Waals surface area contributed by atoms with E-state index in [0.29, 0.717) is 12.0 Å². The number of aryl methyl sites for hydroxylation is 2. The van der Waals surface area contributed by atoms with Crippen LogP contribution in [0.3, 0.4) is 0 Å². The number of benzene rings is 2. The number of imidazole rings is 1. The maximum atomic E-state index is 12.6. The zero-order valence-electron chi connectivity index (χ0n) is 18.4. The third kappa shape index (κ3) is 4.61. The van der Waals surface area contributed by atoms with Crippen LogP contribution in [0.5, 0.6) is 0 Å². The van der Waals surface area contributed by atoms with Gasteiger partial charge in [0.2, 0.25) is 5.91 Å². The van der Waals surface area contributed by atoms with E-state index in [0.717, 1.165) is 60.8 Å². The molecule has 0 radical (unpaired) electrons. The molecule has 0 spiro atoms. The van der Waals surface area contributed by atoms with Gasteiger partial charge in [-0.1, -0.05) is 24.6 Å². The number of fused-ring (bicyclic) bond motifs is 1. The lowest BCUT2D eigenvalue weighted by Gasteiger charge is -2.34. The molecule has 1 aliphatic heterocycles. The molecule has 1 fully saturated rings. The smallest absolute Gasteiger partial charge is 0.255 e. The summed E-state index contributed by atoms with van der Waals surface area (Å²) >= 11 is 0. The summed E-state index contributed by atoms with van der Waals surface area (Å²) in [5, 5.41) is 2.97. The van der Waals surface area contributed by atoms with Crippen molar-refractivity contribution in [1.29, 1.82) is 0 Å². The van der Waals surface area contributed by atoms with Crippen LogP contribution in [0, 0.1) is 6.92 Å². The van der Waals surface area contributed by atoms with Crippen LogP contribution in [0.1, 0.15) is 35.1 Å². The number of carbonyl (C=O) groups excluding carboxylic acids is 2. The fourth-order valence-corrected chi connectivity index (χ4v) is 4.04. The Labute approximate surface area is 182 Å². The number of amides is 2. The number of piperazine rings is 1. The minimum absolute atomic E-state index is 0.126. The highest BCUT2D eigenvalue weighted by molar-refractivity contribution is 6.05. The molecule has 2 aromatic carbocycles. The van der Waals surface area contributed by atoms with Crippen molar-refractivity contribution < 1.29 is 9.59 Å². The quantitative estimate of drug-likeness (QED) is 0.690. The second kappa shape index (κ2) is 8.89. The molecular formula is C24H29N5O2. The number of rotatable bonds is 5. The molecule has 2 heterocycles. The third-order valence-corrected chi connectivity index (χ3v) is 5.90. The van der Waals surface area contributed by atoms with Crippen LogP contribution in [0.15, 0.2) is 42.5 Å². The Balaban J connectivity index is 1.45. The maximum absolute atomic E-state index is 12.6. The van der Waals surface area contributed by atoms with Crippen LogP contribution in [-0.2, 0) is 18.4 Å². The summed E-state index contributed by atoms with van der Waals surface area (Å²) < 4.78 is 2.10. The van der Waals surface area contributed by atoms with Crippen molar-refractivity contribution in [2.24, 2.45) is 7.05 Å². The fourth-order valence-electron chi connectivity index (χ4n) is 4.04. The lowest BCUT2D eigenvalue weighted by atomic mass is 10.1. The minimum Gasteiger partial charge on any atom is -0.340 e. The summed E-state index contributed by atoms with van der Waals surface area (Å²) in [7, 11) is 2.02. The molecular weight excluding hydrogens is 390 g/mol. The number of hydrogen-bond donors (Lipinski definition) is 1. The lowest BCUT2D eigenvalue weighted by Crippen LogP contribution is -2.48. The van der Waals surface area contributed by atoms with Gasteiger partial charge < -0.3 is 14.8 Å². The largest absolute Gasteiger partial charge is 0.340 e. The Hall–Kier alpha value is -3.19. The highest BCUT2D eigenvalue weighted by Crippen LogP contribution is 2.21. The Morgan fingerprint density at radius 1 is 1.06 bits per heavy atom. The Morgan fingerprint density at radius 2 is 1.84 bits per heavy atom. The van der Waals surface area contributed by atoms with Crippen LogP contribution in [-0.4, -0.2) is 57.3 Å². The van der Waals surface area contributed by atoms with Crippen molar-refractivity contribution in [2.75, 3.05) is 31.5 Å². The van der Waals surface area contributed by atoms with Gasteiger partial charge in [0.25, 0.3) is 5.91 Å². The van der Waals surface area contributed by atoms with E-state index in [9.17, 15) is 9.59 Å². The van der Waals surface area contributed by atoms with E-state index in [1.807, 2.05) is 68.3 Å². The normalized spacial score (nSPS) is 14.7. The van der Waals surface area contributed by atoms with Gasteiger partial charge in [-0.25, -0.2) is 4.98 Å². The highest BCUT2D eigenvalue weighted by atomic mass is 16.2. The predicted molar refractivity (Wildman–Crippen MR) is 122 cm³/mol. The summed E-state index contributed by atoms with van der Waals surface area (Å²) in [6.45, 7) is 7.87. The summed E-state index contributed by atoms with van der Waals surface area (Å²) in [4.78, 5) is 33.5. The summed E-state index contributed by atoms with van der Waals surface area (Å²) in [5.41, 5.74) is 4.32. The van der Waals surface area contributed by atoms with Crippen molar-refractivity contribution in [2.45, 2.75) is 26.8 Å². The number of anilines is 1. The zero-order valence-corrected chi connectivity index (χ0v) is 18.4. The van der Waals surface area contributed by atoms with Gasteiger partial charge in [0.05, 0.1) is 17.6 Å².